The molecular weight excluding hydrogens is 632 g/mol. The van der Waals surface area contributed by atoms with Crippen molar-refractivity contribution in [2.24, 2.45) is 5.41 Å². The van der Waals surface area contributed by atoms with Crippen molar-refractivity contribution in [1.82, 2.24) is 14.9 Å². The molecule has 1 saturated carbocycles. The van der Waals surface area contributed by atoms with Crippen molar-refractivity contribution in [1.29, 1.82) is 0 Å². The average molecular weight is 671 g/mol. The quantitative estimate of drug-likeness (QED) is 0.369. The molecule has 2 aromatic carbocycles. The van der Waals surface area contributed by atoms with Gasteiger partial charge in [-0.1, -0.05) is 6.07 Å². The van der Waals surface area contributed by atoms with Crippen LogP contribution in [0.4, 0.5) is 20.3 Å². The van der Waals surface area contributed by atoms with Crippen molar-refractivity contribution in [3.63, 3.8) is 0 Å². The summed E-state index contributed by atoms with van der Waals surface area (Å²) in [5.74, 6) is 0.660. The van der Waals surface area contributed by atoms with Crippen molar-refractivity contribution >= 4 is 38.2 Å². The second-order valence-corrected chi connectivity index (χ2v) is 14.6. The van der Waals surface area contributed by atoms with E-state index in [9.17, 15) is 19.0 Å². The lowest BCUT2D eigenvalue weighted by Gasteiger charge is -2.52. The third kappa shape index (κ3) is 4.81. The van der Waals surface area contributed by atoms with E-state index in [1.807, 2.05) is 0 Å². The predicted molar refractivity (Wildman–Crippen MR) is 168 cm³/mol. The van der Waals surface area contributed by atoms with Gasteiger partial charge in [0.1, 0.15) is 30.2 Å². The number of fused-ring (bicyclic) bond motifs is 3. The number of alkyl halides is 1. The molecule has 2 N–H and O–H groups in total. The van der Waals surface area contributed by atoms with Crippen molar-refractivity contribution in [2.45, 2.75) is 75.7 Å². The normalized spacial score (nSPS) is 30.1. The first-order valence-corrected chi connectivity index (χ1v) is 16.7. The Morgan fingerprint density at radius 1 is 1.05 bits per heavy atom. The minimum atomic E-state index is -0.837. The van der Waals surface area contributed by atoms with Gasteiger partial charge in [-0.25, -0.2) is 8.78 Å². The smallest absolute Gasteiger partial charge is 0.318 e. The Morgan fingerprint density at radius 2 is 1.89 bits per heavy atom. The molecule has 5 aliphatic rings. The third-order valence-corrected chi connectivity index (χ3v) is 11.6. The van der Waals surface area contributed by atoms with Crippen LogP contribution in [0, 0.1) is 11.2 Å². The Balaban J connectivity index is 1.15. The van der Waals surface area contributed by atoms with Gasteiger partial charge < -0.3 is 24.7 Å². The molecule has 1 spiro atoms. The zero-order valence-corrected chi connectivity index (χ0v) is 26.3. The van der Waals surface area contributed by atoms with Crippen LogP contribution in [0.2, 0.25) is 0 Å². The fraction of sp³-hybridized carbons (Fsp3) is 0.576. The number of halogens is 3. The summed E-state index contributed by atoms with van der Waals surface area (Å²) in [7, 11) is 0. The Bertz CT molecular complexity index is 1610. The Kier molecular flexibility index (Phi) is 6.95. The summed E-state index contributed by atoms with van der Waals surface area (Å²) in [6.07, 6.45) is 5.86. The SMILES string of the molecule is Oc1cc(N2CCc3c(nc(OCC45CCCN4CC(F)C5)nc3N3CCCC4(CC(O)C4)C3)C2)c2c(Br)c(F)ccc2c1. The maximum absolute atomic E-state index is 14.7. The molecule has 5 heterocycles. The van der Waals surface area contributed by atoms with E-state index in [4.69, 9.17) is 14.7 Å². The molecule has 1 aromatic heterocycles. The summed E-state index contributed by atoms with van der Waals surface area (Å²) in [6, 6.07) is 6.73. The number of aliphatic hydroxyl groups excluding tert-OH is 1. The number of phenols is 1. The van der Waals surface area contributed by atoms with E-state index in [1.54, 1.807) is 18.2 Å². The molecule has 0 amide bonds. The number of rotatable bonds is 5. The molecule has 1 aliphatic carbocycles. The number of anilines is 2. The standard InChI is InChI=1S/C33H38BrF2N5O3/c34-29-25(36)4-3-20-11-22(42)12-27(28(20)29)39-10-5-24-26(17-39)37-31(44-19-33-7-2-9-41(33)16-21(35)13-33)38-30(24)40-8-1-6-32(18-40)14-23(43)15-32/h3-4,11-12,21,23,42-43H,1-2,5-10,13-19H2. The number of piperidine rings is 1. The summed E-state index contributed by atoms with van der Waals surface area (Å²) in [6.45, 7) is 4.55. The summed E-state index contributed by atoms with van der Waals surface area (Å²) in [5, 5.41) is 22.2. The molecule has 3 saturated heterocycles. The average Bonchev–Trinajstić information content (AvgIpc) is 3.52. The molecule has 3 aromatic rings. The van der Waals surface area contributed by atoms with Gasteiger partial charge in [0.25, 0.3) is 0 Å². The van der Waals surface area contributed by atoms with E-state index < -0.39 is 6.17 Å². The van der Waals surface area contributed by atoms with E-state index in [0.717, 1.165) is 86.3 Å². The van der Waals surface area contributed by atoms with Crippen LogP contribution >= 0.6 is 15.9 Å². The zero-order chi connectivity index (χ0) is 30.2. The van der Waals surface area contributed by atoms with Crippen molar-refractivity contribution < 1.29 is 23.7 Å². The minimum absolute atomic E-state index is 0.119. The molecule has 2 atom stereocenters. The van der Waals surface area contributed by atoms with E-state index in [0.29, 0.717) is 55.0 Å². The van der Waals surface area contributed by atoms with Crippen molar-refractivity contribution in [2.75, 3.05) is 49.1 Å². The number of aliphatic hydroxyl groups is 1. The van der Waals surface area contributed by atoms with Crippen LogP contribution in [0.15, 0.2) is 28.7 Å². The van der Waals surface area contributed by atoms with E-state index >= 15 is 0 Å². The van der Waals surface area contributed by atoms with Gasteiger partial charge in [0.15, 0.2) is 0 Å². The number of hydrogen-bond donors (Lipinski definition) is 2. The second kappa shape index (κ2) is 10.7. The van der Waals surface area contributed by atoms with Gasteiger partial charge in [-0.3, -0.25) is 4.90 Å². The van der Waals surface area contributed by atoms with E-state index in [2.05, 4.69) is 30.6 Å². The maximum atomic E-state index is 14.7. The summed E-state index contributed by atoms with van der Waals surface area (Å²) >= 11 is 3.45. The number of hydrogen-bond acceptors (Lipinski definition) is 8. The third-order valence-electron chi connectivity index (χ3n) is 10.9. The lowest BCUT2D eigenvalue weighted by molar-refractivity contribution is -0.0397. The number of ether oxygens (including phenoxy) is 1. The van der Waals surface area contributed by atoms with E-state index in [-0.39, 0.29) is 28.6 Å². The monoisotopic (exact) mass is 669 g/mol. The molecule has 4 fully saturated rings. The molecule has 0 bridgehead atoms. The van der Waals surface area contributed by atoms with Gasteiger partial charge in [0.2, 0.25) is 0 Å². The van der Waals surface area contributed by atoms with Crippen molar-refractivity contribution in [3.8, 4) is 11.8 Å². The highest BCUT2D eigenvalue weighted by atomic mass is 79.9. The molecule has 0 radical (unpaired) electrons. The fourth-order valence-corrected chi connectivity index (χ4v) is 9.40. The first-order valence-electron chi connectivity index (χ1n) is 15.9. The molecule has 8 nitrogen and oxygen atoms in total. The molecule has 234 valence electrons. The number of aromatic hydroxyl groups is 1. The van der Waals surface area contributed by atoms with Crippen LogP contribution in [-0.2, 0) is 13.0 Å². The van der Waals surface area contributed by atoms with Crippen LogP contribution in [0.5, 0.6) is 11.8 Å². The predicted octanol–water partition coefficient (Wildman–Crippen LogP) is 5.50. The number of aromatic nitrogens is 2. The second-order valence-electron chi connectivity index (χ2n) is 13.8. The number of nitrogens with zero attached hydrogens (tertiary/aromatic N) is 5. The highest BCUT2D eigenvalue weighted by molar-refractivity contribution is 9.10. The molecule has 8 rings (SSSR count). The van der Waals surface area contributed by atoms with E-state index in [1.165, 1.54) is 6.07 Å². The van der Waals surface area contributed by atoms with Gasteiger partial charge in [0.05, 0.1) is 28.4 Å². The first-order chi connectivity index (χ1) is 21.2. The van der Waals surface area contributed by atoms with Crippen LogP contribution in [0.1, 0.15) is 56.2 Å². The van der Waals surface area contributed by atoms with Gasteiger partial charge in [-0.15, -0.1) is 0 Å². The number of phenolic OH excluding ortho intramolecular Hbond substituents is 1. The maximum Gasteiger partial charge on any atom is 0.318 e. The fourth-order valence-electron chi connectivity index (χ4n) is 8.84. The van der Waals surface area contributed by atoms with Gasteiger partial charge in [0, 0.05) is 55.3 Å². The molecule has 4 aliphatic heterocycles. The largest absolute Gasteiger partial charge is 0.508 e. The summed E-state index contributed by atoms with van der Waals surface area (Å²) < 4.78 is 35.9. The minimum Gasteiger partial charge on any atom is -0.508 e. The Morgan fingerprint density at radius 3 is 2.73 bits per heavy atom. The molecule has 2 unspecified atom stereocenters. The topological polar surface area (TPSA) is 85.2 Å². The summed E-state index contributed by atoms with van der Waals surface area (Å²) in [4.78, 5) is 16.7. The van der Waals surface area contributed by atoms with Crippen LogP contribution in [0.25, 0.3) is 10.8 Å². The zero-order valence-electron chi connectivity index (χ0n) is 24.7. The lowest BCUT2D eigenvalue weighted by Crippen LogP contribution is -2.53. The molecule has 11 heteroatoms. The van der Waals surface area contributed by atoms with Gasteiger partial charge in [-0.05, 0) is 90.4 Å². The highest BCUT2D eigenvalue weighted by Crippen LogP contribution is 2.49. The Labute approximate surface area is 264 Å². The number of benzene rings is 2. The molecule has 44 heavy (non-hydrogen) atoms. The van der Waals surface area contributed by atoms with Crippen LogP contribution < -0.4 is 14.5 Å². The Hall–Kier alpha value is -2.76. The molecular formula is C33H38BrF2N5O3. The lowest BCUT2D eigenvalue weighted by atomic mass is 9.62. The first kappa shape index (κ1) is 28.7. The summed E-state index contributed by atoms with van der Waals surface area (Å²) in [5.41, 5.74) is 2.49. The highest BCUT2D eigenvalue weighted by Gasteiger charge is 2.50. The van der Waals surface area contributed by atoms with Gasteiger partial charge >= 0.3 is 6.01 Å². The van der Waals surface area contributed by atoms with Crippen LogP contribution in [0.3, 0.4) is 0 Å². The van der Waals surface area contributed by atoms with Crippen molar-refractivity contribution in [3.05, 3.63) is 45.8 Å². The van der Waals surface area contributed by atoms with Gasteiger partial charge in [-0.2, -0.15) is 9.97 Å². The van der Waals surface area contributed by atoms with Crippen LogP contribution in [-0.4, -0.2) is 82.2 Å².